The van der Waals surface area contributed by atoms with Gasteiger partial charge in [-0.05, 0) is 57.0 Å². The fourth-order valence-electron chi connectivity index (χ4n) is 2.92. The van der Waals surface area contributed by atoms with Crippen molar-refractivity contribution in [1.82, 2.24) is 4.74 Å². The van der Waals surface area contributed by atoms with Crippen molar-refractivity contribution in [1.29, 1.82) is 0 Å². The monoisotopic (exact) mass is 295 g/mol. The van der Waals surface area contributed by atoms with Crippen LogP contribution < -0.4 is 5.63 Å². The molecule has 0 unspecified atom stereocenters. The van der Waals surface area contributed by atoms with Crippen LogP contribution in [0.1, 0.15) is 32.6 Å². The zero-order valence-electron chi connectivity index (χ0n) is 13.1. The molecule has 4 heteroatoms. The third-order valence-corrected chi connectivity index (χ3v) is 3.70. The van der Waals surface area contributed by atoms with Gasteiger partial charge in [0.15, 0.2) is 0 Å². The van der Waals surface area contributed by atoms with Crippen molar-refractivity contribution in [2.24, 2.45) is 0 Å². The Hall–Kier alpha value is -2.62. The Labute approximate surface area is 127 Å². The lowest BCUT2D eigenvalue weighted by Crippen LogP contribution is -2.12. The molecule has 0 aliphatic rings. The highest BCUT2D eigenvalue weighted by molar-refractivity contribution is 6.01. The molecule has 0 saturated carbocycles. The molecular weight excluding hydrogens is 278 g/mol. The number of carbonyl (C=O) groups excluding carboxylic acids is 1. The van der Waals surface area contributed by atoms with E-state index in [9.17, 15) is 9.59 Å². The zero-order valence-corrected chi connectivity index (χ0v) is 13.1. The first-order valence-corrected chi connectivity index (χ1v) is 7.13. The van der Waals surface area contributed by atoms with Gasteiger partial charge < -0.3 is 4.52 Å². The third kappa shape index (κ3) is 2.26. The van der Waals surface area contributed by atoms with Crippen LogP contribution in [0.25, 0.3) is 10.9 Å². The number of hydrogen-bond donors (Lipinski definition) is 0. The molecule has 3 aromatic rings. The standard InChI is InChI=1S/C18H17NO3/c1-10-5-11(2)8-14(7-10)17(20)19-16-13(4)6-12(3)9-15(16)18(21)22-19/h5-9H,1-4H3. The van der Waals surface area contributed by atoms with Crippen molar-refractivity contribution in [2.75, 3.05) is 0 Å². The van der Waals surface area contributed by atoms with Gasteiger partial charge in [-0.25, -0.2) is 4.79 Å². The molecule has 0 aliphatic carbocycles. The molecule has 0 N–H and O–H groups in total. The molecule has 1 heterocycles. The average Bonchev–Trinajstić information content (AvgIpc) is 2.74. The molecule has 2 aromatic carbocycles. The SMILES string of the molecule is Cc1cc(C)cc(C(=O)n2oc(=O)c3cc(C)cc(C)c32)c1. The normalized spacial score (nSPS) is 11.1. The predicted octanol–water partition coefficient (Wildman–Crippen LogP) is 3.52. The summed E-state index contributed by atoms with van der Waals surface area (Å²) in [6.45, 7) is 7.65. The van der Waals surface area contributed by atoms with Crippen LogP contribution in [0.5, 0.6) is 0 Å². The van der Waals surface area contributed by atoms with Gasteiger partial charge in [0.2, 0.25) is 0 Å². The molecule has 0 amide bonds. The van der Waals surface area contributed by atoms with E-state index in [1.54, 1.807) is 18.2 Å². The van der Waals surface area contributed by atoms with E-state index in [1.807, 2.05) is 39.8 Å². The smallest absolute Gasteiger partial charge is 0.327 e. The van der Waals surface area contributed by atoms with Crippen molar-refractivity contribution < 1.29 is 9.32 Å². The largest absolute Gasteiger partial charge is 0.366 e. The molecule has 0 fully saturated rings. The van der Waals surface area contributed by atoms with Gasteiger partial charge in [-0.1, -0.05) is 23.3 Å². The fourth-order valence-corrected chi connectivity index (χ4v) is 2.92. The molecule has 3 rings (SSSR count). The van der Waals surface area contributed by atoms with E-state index >= 15 is 0 Å². The molecular formula is C18H17NO3. The summed E-state index contributed by atoms with van der Waals surface area (Å²) in [6, 6.07) is 9.27. The number of aromatic nitrogens is 1. The van der Waals surface area contributed by atoms with E-state index in [2.05, 4.69) is 0 Å². The number of benzene rings is 2. The maximum atomic E-state index is 12.7. The molecule has 0 saturated heterocycles. The molecule has 22 heavy (non-hydrogen) atoms. The Balaban J connectivity index is 2.26. The minimum atomic E-state index is -0.487. The topological polar surface area (TPSA) is 52.2 Å². The molecule has 0 radical (unpaired) electrons. The molecule has 0 bridgehead atoms. The zero-order chi connectivity index (χ0) is 16.0. The van der Waals surface area contributed by atoms with Crippen LogP contribution >= 0.6 is 0 Å². The van der Waals surface area contributed by atoms with E-state index in [0.717, 1.165) is 27.0 Å². The summed E-state index contributed by atoms with van der Waals surface area (Å²) in [4.78, 5) is 24.8. The number of carbonyl (C=O) groups is 1. The summed E-state index contributed by atoms with van der Waals surface area (Å²) in [5, 5.41) is 0.440. The number of rotatable bonds is 1. The lowest BCUT2D eigenvalue weighted by molar-refractivity contribution is 0.0850. The maximum absolute atomic E-state index is 12.7. The summed E-state index contributed by atoms with van der Waals surface area (Å²) in [5.74, 6) is -0.328. The first-order valence-electron chi connectivity index (χ1n) is 7.13. The lowest BCUT2D eigenvalue weighted by Gasteiger charge is -2.06. The number of aryl methyl sites for hydroxylation is 4. The van der Waals surface area contributed by atoms with Crippen molar-refractivity contribution in [3.05, 3.63) is 68.6 Å². The highest BCUT2D eigenvalue weighted by atomic mass is 16.5. The lowest BCUT2D eigenvalue weighted by atomic mass is 10.1. The Morgan fingerprint density at radius 3 is 2.14 bits per heavy atom. The van der Waals surface area contributed by atoms with Gasteiger partial charge in [-0.15, -0.1) is 4.74 Å². The summed E-state index contributed by atoms with van der Waals surface area (Å²) in [6.07, 6.45) is 0. The molecule has 112 valence electrons. The Kier molecular flexibility index (Phi) is 3.24. The van der Waals surface area contributed by atoms with Crippen LogP contribution in [-0.2, 0) is 0 Å². The molecule has 1 aromatic heterocycles. The van der Waals surface area contributed by atoms with Crippen molar-refractivity contribution in [2.45, 2.75) is 27.7 Å². The van der Waals surface area contributed by atoms with Crippen LogP contribution in [0.2, 0.25) is 0 Å². The van der Waals surface area contributed by atoms with E-state index in [1.165, 1.54) is 0 Å². The Bertz CT molecular complexity index is 940. The first-order chi connectivity index (χ1) is 10.4. The van der Waals surface area contributed by atoms with Gasteiger partial charge in [0.25, 0.3) is 5.91 Å². The van der Waals surface area contributed by atoms with E-state index in [-0.39, 0.29) is 5.91 Å². The van der Waals surface area contributed by atoms with Crippen LogP contribution in [0.3, 0.4) is 0 Å². The van der Waals surface area contributed by atoms with Gasteiger partial charge in [0, 0.05) is 5.56 Å². The average molecular weight is 295 g/mol. The molecule has 0 aliphatic heterocycles. The van der Waals surface area contributed by atoms with Crippen LogP contribution in [0.15, 0.2) is 39.6 Å². The Morgan fingerprint density at radius 1 is 0.909 bits per heavy atom. The van der Waals surface area contributed by atoms with Crippen LogP contribution in [0.4, 0.5) is 0 Å². The third-order valence-electron chi connectivity index (χ3n) is 3.70. The second-order valence-corrected chi connectivity index (χ2v) is 5.83. The number of fused-ring (bicyclic) bond motifs is 1. The fraction of sp³-hybridized carbons (Fsp3) is 0.222. The van der Waals surface area contributed by atoms with Gasteiger partial charge in [-0.2, -0.15) is 0 Å². The predicted molar refractivity (Wildman–Crippen MR) is 85.6 cm³/mol. The van der Waals surface area contributed by atoms with E-state index in [4.69, 9.17) is 4.52 Å². The molecule has 0 atom stereocenters. The highest BCUT2D eigenvalue weighted by Crippen LogP contribution is 2.20. The summed E-state index contributed by atoms with van der Waals surface area (Å²) in [7, 11) is 0. The van der Waals surface area contributed by atoms with Gasteiger partial charge in [0.05, 0.1) is 5.39 Å². The number of hydrogen-bond acceptors (Lipinski definition) is 3. The quantitative estimate of drug-likeness (QED) is 0.690. The summed E-state index contributed by atoms with van der Waals surface area (Å²) >= 11 is 0. The minimum absolute atomic E-state index is 0.328. The van der Waals surface area contributed by atoms with Crippen LogP contribution in [-0.4, -0.2) is 10.6 Å². The minimum Gasteiger partial charge on any atom is -0.327 e. The van der Waals surface area contributed by atoms with Crippen molar-refractivity contribution >= 4 is 16.8 Å². The maximum Gasteiger partial charge on any atom is 0.366 e. The summed E-state index contributed by atoms with van der Waals surface area (Å²) < 4.78 is 6.32. The first kappa shape index (κ1) is 14.3. The number of nitrogens with zero attached hydrogens (tertiary/aromatic N) is 1. The summed E-state index contributed by atoms with van der Waals surface area (Å²) in [5.41, 5.74) is 4.37. The second-order valence-electron chi connectivity index (χ2n) is 5.83. The molecule has 0 spiro atoms. The van der Waals surface area contributed by atoms with Crippen molar-refractivity contribution in [3.63, 3.8) is 0 Å². The van der Waals surface area contributed by atoms with Gasteiger partial charge in [-0.3, -0.25) is 4.79 Å². The highest BCUT2D eigenvalue weighted by Gasteiger charge is 2.19. The molecule has 4 nitrogen and oxygen atoms in total. The Morgan fingerprint density at radius 2 is 1.50 bits per heavy atom. The van der Waals surface area contributed by atoms with E-state index < -0.39 is 5.63 Å². The van der Waals surface area contributed by atoms with Gasteiger partial charge >= 0.3 is 5.63 Å². The van der Waals surface area contributed by atoms with Crippen molar-refractivity contribution in [3.8, 4) is 0 Å². The van der Waals surface area contributed by atoms with Crippen LogP contribution in [0, 0.1) is 27.7 Å². The van der Waals surface area contributed by atoms with Gasteiger partial charge in [0.1, 0.15) is 5.52 Å². The van der Waals surface area contributed by atoms with E-state index in [0.29, 0.717) is 16.5 Å². The second kappa shape index (κ2) is 4.98.